The van der Waals surface area contributed by atoms with Crippen LogP contribution in [0.1, 0.15) is 17.3 Å². The molecule has 0 aliphatic carbocycles. The fraction of sp³-hybridized carbons (Fsp3) is 0.308. The number of hydrogen-bond acceptors (Lipinski definition) is 2. The average Bonchev–Trinajstić information content (AvgIpc) is 2.35. The summed E-state index contributed by atoms with van der Waals surface area (Å²) in [6.45, 7) is 2.61. The fourth-order valence-electron chi connectivity index (χ4n) is 1.26. The Morgan fingerprint density at radius 1 is 1.38 bits per heavy atom. The van der Waals surface area contributed by atoms with Gasteiger partial charge in [0, 0.05) is 0 Å². The zero-order chi connectivity index (χ0) is 11.8. The van der Waals surface area contributed by atoms with Crippen LogP contribution in [-0.4, -0.2) is 34.5 Å². The summed E-state index contributed by atoms with van der Waals surface area (Å²) < 4.78 is 5.89. The number of carbonyl (C=O) groups excluding carboxylic acids is 1. The van der Waals surface area contributed by atoms with E-state index in [1.54, 1.807) is 7.11 Å². The van der Waals surface area contributed by atoms with Crippen molar-refractivity contribution in [1.29, 1.82) is 0 Å². The third kappa shape index (κ3) is 3.93. The van der Waals surface area contributed by atoms with Gasteiger partial charge in [-0.2, -0.15) is 0 Å². The van der Waals surface area contributed by atoms with Crippen molar-refractivity contribution in [2.24, 2.45) is 0 Å². The summed E-state index contributed by atoms with van der Waals surface area (Å²) in [5.74, 6) is 0.138. The normalized spacial score (nSPS) is 11.5. The minimum absolute atomic E-state index is 0.138. The molecule has 0 heterocycles. The molecular formula is C13H16O2Se. The number of ether oxygens (including phenoxy) is 1. The number of Topliss-reactive ketones (excluding diaryl/α,β-unsaturated/α-hetero) is 1. The maximum absolute atomic E-state index is 12.1. The Morgan fingerprint density at radius 3 is 2.62 bits per heavy atom. The Kier molecular flexibility index (Phi) is 6.09. The first kappa shape index (κ1) is 13.2. The van der Waals surface area contributed by atoms with E-state index in [1.165, 1.54) is 0 Å². The van der Waals surface area contributed by atoms with Crippen LogP contribution in [0.15, 0.2) is 40.9 Å². The molecule has 0 aliphatic rings. The quantitative estimate of drug-likeness (QED) is 0.455. The van der Waals surface area contributed by atoms with E-state index in [1.807, 2.05) is 36.4 Å². The van der Waals surface area contributed by atoms with Crippen molar-refractivity contribution in [1.82, 2.24) is 0 Å². The molecule has 0 amide bonds. The molecule has 1 aromatic carbocycles. The van der Waals surface area contributed by atoms with Gasteiger partial charge in [-0.25, -0.2) is 0 Å². The number of methoxy groups -OCH3 is 1. The second-order valence-electron chi connectivity index (χ2n) is 3.15. The maximum atomic E-state index is 12.1. The topological polar surface area (TPSA) is 26.3 Å². The van der Waals surface area contributed by atoms with E-state index in [4.69, 9.17) is 4.74 Å². The van der Waals surface area contributed by atoms with Crippen molar-refractivity contribution in [2.75, 3.05) is 13.7 Å². The molecule has 1 rings (SSSR count). The van der Waals surface area contributed by atoms with Gasteiger partial charge in [-0.1, -0.05) is 0 Å². The van der Waals surface area contributed by atoms with Crippen LogP contribution in [-0.2, 0) is 4.74 Å². The summed E-state index contributed by atoms with van der Waals surface area (Å²) in [5.41, 5.74) is 0.764. The summed E-state index contributed by atoms with van der Waals surface area (Å²) in [7, 11) is 1.64. The monoisotopic (exact) mass is 284 g/mol. The molecule has 1 aromatic rings. The molecule has 0 saturated carbocycles. The van der Waals surface area contributed by atoms with Gasteiger partial charge in [-0.05, 0) is 0 Å². The molecule has 2 nitrogen and oxygen atoms in total. The van der Waals surface area contributed by atoms with Crippen LogP contribution in [0.2, 0.25) is 5.32 Å². The summed E-state index contributed by atoms with van der Waals surface area (Å²) >= 11 is 0.242. The Bertz CT molecular complexity index is 357. The number of hydrogen-bond donors (Lipinski definition) is 0. The SMILES string of the molecule is CC[Se]/C(=C\COC)C(=O)c1ccccc1. The van der Waals surface area contributed by atoms with Gasteiger partial charge >= 0.3 is 103 Å². The number of ketones is 1. The van der Waals surface area contributed by atoms with E-state index < -0.39 is 0 Å². The van der Waals surface area contributed by atoms with Gasteiger partial charge < -0.3 is 0 Å². The zero-order valence-electron chi connectivity index (χ0n) is 9.60. The molecule has 0 saturated heterocycles. The van der Waals surface area contributed by atoms with E-state index in [-0.39, 0.29) is 20.7 Å². The molecule has 86 valence electrons. The van der Waals surface area contributed by atoms with E-state index in [2.05, 4.69) is 6.92 Å². The van der Waals surface area contributed by atoms with Gasteiger partial charge in [0.25, 0.3) is 0 Å². The van der Waals surface area contributed by atoms with E-state index in [9.17, 15) is 4.79 Å². The Balaban J connectivity index is 2.83. The van der Waals surface area contributed by atoms with Crippen LogP contribution in [0.3, 0.4) is 0 Å². The van der Waals surface area contributed by atoms with E-state index >= 15 is 0 Å². The summed E-state index contributed by atoms with van der Waals surface area (Å²) in [5, 5.41) is 1.03. The third-order valence-corrected chi connectivity index (χ3v) is 3.99. The molecule has 0 fully saturated rings. The van der Waals surface area contributed by atoms with Crippen molar-refractivity contribution in [3.8, 4) is 0 Å². The molecule has 0 unspecified atom stereocenters. The summed E-state index contributed by atoms with van der Waals surface area (Å²) in [6, 6.07) is 9.41. The molecule has 0 aromatic heterocycles. The van der Waals surface area contributed by atoms with Crippen LogP contribution in [0.4, 0.5) is 0 Å². The number of rotatable bonds is 6. The van der Waals surface area contributed by atoms with E-state index in [0.29, 0.717) is 6.61 Å². The third-order valence-electron chi connectivity index (χ3n) is 2.00. The molecule has 16 heavy (non-hydrogen) atoms. The molecule has 0 aliphatic heterocycles. The minimum atomic E-state index is 0.138. The molecule has 3 heteroatoms. The van der Waals surface area contributed by atoms with Gasteiger partial charge in [-0.15, -0.1) is 0 Å². The van der Waals surface area contributed by atoms with Crippen molar-refractivity contribution >= 4 is 20.7 Å². The van der Waals surface area contributed by atoms with Crippen LogP contribution in [0.25, 0.3) is 0 Å². The number of carbonyl (C=O) groups is 1. The van der Waals surface area contributed by atoms with Gasteiger partial charge in [0.15, 0.2) is 0 Å². The fourth-order valence-corrected chi connectivity index (χ4v) is 2.83. The Hall–Kier alpha value is -0.891. The first-order chi connectivity index (χ1) is 7.79. The molecule has 0 spiro atoms. The first-order valence-electron chi connectivity index (χ1n) is 5.21. The second kappa shape index (κ2) is 7.39. The average molecular weight is 283 g/mol. The van der Waals surface area contributed by atoms with Crippen molar-refractivity contribution in [2.45, 2.75) is 12.2 Å². The van der Waals surface area contributed by atoms with Gasteiger partial charge in [0.05, 0.1) is 0 Å². The first-order valence-corrected chi connectivity index (χ1v) is 7.28. The predicted octanol–water partition coefficient (Wildman–Crippen LogP) is 2.54. The predicted molar refractivity (Wildman–Crippen MR) is 67.0 cm³/mol. The standard InChI is InChI=1S/C13H16O2Se/c1-3-16-12(9-10-15-2)13(14)11-7-5-4-6-8-11/h4-9H,3,10H2,1-2H3/b12-9-. The van der Waals surface area contributed by atoms with Crippen LogP contribution >= 0.6 is 0 Å². The molecule has 0 radical (unpaired) electrons. The zero-order valence-corrected chi connectivity index (χ0v) is 11.3. The molecular weight excluding hydrogens is 267 g/mol. The Morgan fingerprint density at radius 2 is 2.06 bits per heavy atom. The van der Waals surface area contributed by atoms with Crippen LogP contribution in [0, 0.1) is 0 Å². The Labute approximate surface area is 103 Å². The van der Waals surface area contributed by atoms with Crippen molar-refractivity contribution in [3.63, 3.8) is 0 Å². The van der Waals surface area contributed by atoms with Crippen molar-refractivity contribution in [3.05, 3.63) is 46.4 Å². The van der Waals surface area contributed by atoms with Gasteiger partial charge in [0.1, 0.15) is 0 Å². The van der Waals surface area contributed by atoms with Gasteiger partial charge in [-0.3, -0.25) is 0 Å². The number of allylic oxidation sites excluding steroid dienone is 1. The molecule has 0 N–H and O–H groups in total. The van der Waals surface area contributed by atoms with Crippen LogP contribution < -0.4 is 0 Å². The molecule has 0 atom stereocenters. The summed E-state index contributed by atoms with van der Waals surface area (Å²) in [4.78, 5) is 12.1. The van der Waals surface area contributed by atoms with Crippen molar-refractivity contribution < 1.29 is 9.53 Å². The second-order valence-corrected chi connectivity index (χ2v) is 5.89. The number of benzene rings is 1. The molecule has 0 bridgehead atoms. The van der Waals surface area contributed by atoms with E-state index in [0.717, 1.165) is 15.4 Å². The van der Waals surface area contributed by atoms with Gasteiger partial charge in [0.2, 0.25) is 0 Å². The summed E-state index contributed by atoms with van der Waals surface area (Å²) in [6.07, 6.45) is 1.90. The van der Waals surface area contributed by atoms with Crippen LogP contribution in [0.5, 0.6) is 0 Å².